The topological polar surface area (TPSA) is 24.9 Å². The third-order valence-corrected chi connectivity index (χ3v) is 4.51. The van der Waals surface area contributed by atoms with Crippen molar-refractivity contribution < 1.29 is 0 Å². The van der Waals surface area contributed by atoms with Crippen molar-refractivity contribution in [3.63, 3.8) is 0 Å². The van der Waals surface area contributed by atoms with Gasteiger partial charge in [0.05, 0.1) is 5.01 Å². The predicted molar refractivity (Wildman–Crippen MR) is 82.9 cm³/mol. The lowest BCUT2D eigenvalue weighted by atomic mass is 9.95. The molecule has 2 rings (SSSR count). The Labute approximate surface area is 119 Å². The van der Waals surface area contributed by atoms with Gasteiger partial charge in [-0.05, 0) is 44.0 Å². The number of hydrogen-bond donors (Lipinski definition) is 1. The van der Waals surface area contributed by atoms with Crippen LogP contribution in [0.2, 0.25) is 0 Å². The molecule has 0 amide bonds. The van der Waals surface area contributed by atoms with Gasteiger partial charge in [0.15, 0.2) is 0 Å². The lowest BCUT2D eigenvalue weighted by Crippen LogP contribution is -2.24. The standard InChI is InChI=1S/C16H22N2S/c1-5-17-15(9-16-18-12(3)10-19-16)14-8-6-7-11(2)13(14)4/h6-8,10,15,17H,5,9H2,1-4H3. The van der Waals surface area contributed by atoms with Crippen LogP contribution >= 0.6 is 11.3 Å². The zero-order chi connectivity index (χ0) is 13.8. The number of aryl methyl sites for hydroxylation is 2. The fourth-order valence-corrected chi connectivity index (χ4v) is 3.18. The van der Waals surface area contributed by atoms with Crippen LogP contribution in [0, 0.1) is 20.8 Å². The molecule has 0 aliphatic rings. The molecule has 2 aromatic rings. The molecule has 2 nitrogen and oxygen atoms in total. The SMILES string of the molecule is CCNC(Cc1nc(C)cs1)c1cccc(C)c1C. The van der Waals surface area contributed by atoms with E-state index >= 15 is 0 Å². The van der Waals surface area contributed by atoms with Crippen LogP contribution in [0.5, 0.6) is 0 Å². The molecule has 0 bridgehead atoms. The molecule has 0 aliphatic carbocycles. The van der Waals surface area contributed by atoms with Gasteiger partial charge in [-0.2, -0.15) is 0 Å². The average molecular weight is 274 g/mol. The van der Waals surface area contributed by atoms with Crippen molar-refractivity contribution in [2.75, 3.05) is 6.54 Å². The Balaban J connectivity index is 2.26. The molecule has 1 aromatic carbocycles. The summed E-state index contributed by atoms with van der Waals surface area (Å²) in [6.45, 7) is 9.57. The number of nitrogens with one attached hydrogen (secondary N) is 1. The molecule has 1 atom stereocenters. The van der Waals surface area contributed by atoms with Gasteiger partial charge in [0, 0.05) is 23.5 Å². The van der Waals surface area contributed by atoms with Crippen molar-refractivity contribution in [1.82, 2.24) is 10.3 Å². The van der Waals surface area contributed by atoms with E-state index in [1.807, 2.05) is 0 Å². The smallest absolute Gasteiger partial charge is 0.0947 e. The van der Waals surface area contributed by atoms with Gasteiger partial charge in [-0.25, -0.2) is 4.98 Å². The minimum atomic E-state index is 0.357. The first-order valence-corrected chi connectivity index (χ1v) is 7.70. The number of rotatable bonds is 5. The van der Waals surface area contributed by atoms with Gasteiger partial charge in [-0.15, -0.1) is 11.3 Å². The van der Waals surface area contributed by atoms with Crippen LogP contribution in [-0.4, -0.2) is 11.5 Å². The zero-order valence-corrected chi connectivity index (χ0v) is 13.0. The average Bonchev–Trinajstić information content (AvgIpc) is 2.78. The quantitative estimate of drug-likeness (QED) is 0.892. The highest BCUT2D eigenvalue weighted by Crippen LogP contribution is 2.25. The van der Waals surface area contributed by atoms with Crippen LogP contribution in [0.1, 0.15) is 40.4 Å². The summed E-state index contributed by atoms with van der Waals surface area (Å²) in [5.41, 5.74) is 5.27. The van der Waals surface area contributed by atoms with Gasteiger partial charge in [0.25, 0.3) is 0 Å². The first-order valence-electron chi connectivity index (χ1n) is 6.82. The summed E-state index contributed by atoms with van der Waals surface area (Å²) in [4.78, 5) is 4.59. The van der Waals surface area contributed by atoms with Crippen LogP contribution in [-0.2, 0) is 6.42 Å². The molecule has 3 heteroatoms. The first kappa shape index (κ1) is 14.2. The molecule has 0 fully saturated rings. The van der Waals surface area contributed by atoms with Crippen molar-refractivity contribution in [3.05, 3.63) is 51.0 Å². The predicted octanol–water partition coefficient (Wildman–Crippen LogP) is 3.96. The second-order valence-electron chi connectivity index (χ2n) is 4.99. The largest absolute Gasteiger partial charge is 0.310 e. The Morgan fingerprint density at radius 3 is 2.68 bits per heavy atom. The molecule has 1 unspecified atom stereocenters. The van der Waals surface area contributed by atoms with E-state index in [1.165, 1.54) is 21.7 Å². The van der Waals surface area contributed by atoms with E-state index in [2.05, 4.69) is 61.6 Å². The molecular weight excluding hydrogens is 252 g/mol. The minimum Gasteiger partial charge on any atom is -0.310 e. The Morgan fingerprint density at radius 1 is 1.26 bits per heavy atom. The van der Waals surface area contributed by atoms with Crippen molar-refractivity contribution >= 4 is 11.3 Å². The van der Waals surface area contributed by atoms with Crippen molar-refractivity contribution in [2.45, 2.75) is 40.2 Å². The molecular formula is C16H22N2S. The number of likely N-dealkylation sites (N-methyl/N-ethyl adjacent to an activating group) is 1. The van der Waals surface area contributed by atoms with E-state index in [1.54, 1.807) is 11.3 Å². The van der Waals surface area contributed by atoms with Crippen molar-refractivity contribution in [3.8, 4) is 0 Å². The van der Waals surface area contributed by atoms with Crippen LogP contribution in [0.4, 0.5) is 0 Å². The van der Waals surface area contributed by atoms with Crippen molar-refractivity contribution in [1.29, 1.82) is 0 Å². The maximum Gasteiger partial charge on any atom is 0.0947 e. The van der Waals surface area contributed by atoms with Crippen LogP contribution < -0.4 is 5.32 Å². The summed E-state index contributed by atoms with van der Waals surface area (Å²) >= 11 is 1.76. The summed E-state index contributed by atoms with van der Waals surface area (Å²) in [5.74, 6) is 0. The van der Waals surface area contributed by atoms with Gasteiger partial charge in [-0.3, -0.25) is 0 Å². The van der Waals surface area contributed by atoms with E-state index in [9.17, 15) is 0 Å². The van der Waals surface area contributed by atoms with Gasteiger partial charge in [0.1, 0.15) is 0 Å². The van der Waals surface area contributed by atoms with E-state index < -0.39 is 0 Å². The lowest BCUT2D eigenvalue weighted by molar-refractivity contribution is 0.545. The van der Waals surface area contributed by atoms with Crippen LogP contribution in [0.15, 0.2) is 23.6 Å². The number of hydrogen-bond acceptors (Lipinski definition) is 3. The maximum atomic E-state index is 4.59. The van der Waals surface area contributed by atoms with E-state index in [0.29, 0.717) is 6.04 Å². The Bertz CT molecular complexity index is 545. The van der Waals surface area contributed by atoms with Crippen molar-refractivity contribution in [2.24, 2.45) is 0 Å². The number of benzene rings is 1. The Hall–Kier alpha value is -1.19. The summed E-state index contributed by atoms with van der Waals surface area (Å²) in [6, 6.07) is 6.91. The molecule has 102 valence electrons. The normalized spacial score (nSPS) is 12.6. The second-order valence-corrected chi connectivity index (χ2v) is 5.93. The van der Waals surface area contributed by atoms with Crippen LogP contribution in [0.25, 0.3) is 0 Å². The number of aromatic nitrogens is 1. The third kappa shape index (κ3) is 3.43. The van der Waals surface area contributed by atoms with Gasteiger partial charge >= 0.3 is 0 Å². The summed E-state index contributed by atoms with van der Waals surface area (Å²) in [7, 11) is 0. The maximum absolute atomic E-state index is 4.59. The molecule has 1 aromatic heterocycles. The fraction of sp³-hybridized carbons (Fsp3) is 0.438. The number of thiazole rings is 1. The highest BCUT2D eigenvalue weighted by Gasteiger charge is 2.15. The van der Waals surface area contributed by atoms with E-state index in [4.69, 9.17) is 0 Å². The van der Waals surface area contributed by atoms with E-state index in [0.717, 1.165) is 18.7 Å². The Kier molecular flexibility index (Phi) is 4.72. The monoisotopic (exact) mass is 274 g/mol. The molecule has 19 heavy (non-hydrogen) atoms. The first-order chi connectivity index (χ1) is 9.11. The molecule has 1 N–H and O–H groups in total. The minimum absolute atomic E-state index is 0.357. The summed E-state index contributed by atoms with van der Waals surface area (Å²) in [6.07, 6.45) is 0.969. The fourth-order valence-electron chi connectivity index (χ4n) is 2.36. The summed E-state index contributed by atoms with van der Waals surface area (Å²) < 4.78 is 0. The molecule has 0 aliphatic heterocycles. The molecule has 0 spiro atoms. The van der Waals surface area contributed by atoms with Crippen LogP contribution in [0.3, 0.4) is 0 Å². The molecule has 1 heterocycles. The van der Waals surface area contributed by atoms with Gasteiger partial charge in [-0.1, -0.05) is 25.1 Å². The van der Waals surface area contributed by atoms with Gasteiger partial charge in [0.2, 0.25) is 0 Å². The zero-order valence-electron chi connectivity index (χ0n) is 12.2. The number of nitrogens with zero attached hydrogens (tertiary/aromatic N) is 1. The second kappa shape index (κ2) is 6.31. The highest BCUT2D eigenvalue weighted by atomic mass is 32.1. The van der Waals surface area contributed by atoms with Gasteiger partial charge < -0.3 is 5.32 Å². The molecule has 0 radical (unpaired) electrons. The summed E-state index contributed by atoms with van der Waals surface area (Å²) in [5, 5.41) is 6.93. The molecule has 0 saturated heterocycles. The van der Waals surface area contributed by atoms with E-state index in [-0.39, 0.29) is 0 Å². The molecule has 0 saturated carbocycles. The lowest BCUT2D eigenvalue weighted by Gasteiger charge is -2.20. The Morgan fingerprint density at radius 2 is 2.05 bits per heavy atom. The highest BCUT2D eigenvalue weighted by molar-refractivity contribution is 7.09. The third-order valence-electron chi connectivity index (χ3n) is 3.52.